The summed E-state index contributed by atoms with van der Waals surface area (Å²) in [7, 11) is 0. The van der Waals surface area contributed by atoms with Crippen molar-refractivity contribution in [2.75, 3.05) is 0 Å². The summed E-state index contributed by atoms with van der Waals surface area (Å²) < 4.78 is 39.4. The molecule has 1 nitrogen and oxygen atoms in total. The standard InChI is InChI=1S/C14H7F3OS/c15-14(16,17)13(18)9-5-3-7-11-12(9)8-4-1-2-6-10(8)19-11/h1-7H. The van der Waals surface area contributed by atoms with Crippen molar-refractivity contribution in [3.8, 4) is 0 Å². The highest BCUT2D eigenvalue weighted by atomic mass is 32.1. The average molecular weight is 280 g/mol. The predicted octanol–water partition coefficient (Wildman–Crippen LogP) is 4.80. The number of carbonyl (C=O) groups is 1. The first-order valence-corrected chi connectivity index (χ1v) is 6.32. The molecule has 5 heteroatoms. The molecule has 96 valence electrons. The highest BCUT2D eigenvalue weighted by Crippen LogP contribution is 2.37. The summed E-state index contributed by atoms with van der Waals surface area (Å²) in [6, 6.07) is 11.6. The number of thiophene rings is 1. The Morgan fingerprint density at radius 2 is 1.63 bits per heavy atom. The smallest absolute Gasteiger partial charge is 0.284 e. The monoisotopic (exact) mass is 280 g/mol. The van der Waals surface area contributed by atoms with E-state index in [1.54, 1.807) is 18.2 Å². The number of benzene rings is 2. The minimum atomic E-state index is -4.85. The quantitative estimate of drug-likeness (QED) is 0.585. The van der Waals surface area contributed by atoms with Gasteiger partial charge in [-0.3, -0.25) is 4.79 Å². The topological polar surface area (TPSA) is 17.1 Å². The average Bonchev–Trinajstić information content (AvgIpc) is 2.75. The molecule has 1 aromatic heterocycles. The number of Topliss-reactive ketones (excluding diaryl/α,β-unsaturated/α-hetero) is 1. The second-order valence-electron chi connectivity index (χ2n) is 4.10. The summed E-state index contributed by atoms with van der Waals surface area (Å²) >= 11 is 1.38. The first-order chi connectivity index (χ1) is 8.98. The molecule has 0 aliphatic rings. The molecule has 0 amide bonds. The molecule has 0 saturated carbocycles. The van der Waals surface area contributed by atoms with Crippen molar-refractivity contribution in [3.63, 3.8) is 0 Å². The summed E-state index contributed by atoms with van der Waals surface area (Å²) in [6.45, 7) is 0. The zero-order chi connectivity index (χ0) is 13.6. The largest absolute Gasteiger partial charge is 0.454 e. The number of fused-ring (bicyclic) bond motifs is 3. The molecule has 19 heavy (non-hydrogen) atoms. The molecule has 3 aromatic rings. The van der Waals surface area contributed by atoms with Crippen LogP contribution in [-0.4, -0.2) is 12.0 Å². The maximum Gasteiger partial charge on any atom is 0.454 e. The second-order valence-corrected chi connectivity index (χ2v) is 5.19. The van der Waals surface area contributed by atoms with Crippen LogP contribution in [0.2, 0.25) is 0 Å². The van der Waals surface area contributed by atoms with E-state index in [1.807, 2.05) is 12.1 Å². The molecule has 0 bridgehead atoms. The van der Waals surface area contributed by atoms with Crippen molar-refractivity contribution in [2.24, 2.45) is 0 Å². The van der Waals surface area contributed by atoms with E-state index in [1.165, 1.54) is 23.5 Å². The van der Waals surface area contributed by atoms with E-state index in [-0.39, 0.29) is 5.56 Å². The van der Waals surface area contributed by atoms with Crippen LogP contribution < -0.4 is 0 Å². The Morgan fingerprint density at radius 1 is 0.947 bits per heavy atom. The van der Waals surface area contributed by atoms with Gasteiger partial charge in [-0.2, -0.15) is 13.2 Å². The highest BCUT2D eigenvalue weighted by molar-refractivity contribution is 7.25. The van der Waals surface area contributed by atoms with Crippen molar-refractivity contribution in [3.05, 3.63) is 48.0 Å². The summed E-state index contributed by atoms with van der Waals surface area (Å²) in [4.78, 5) is 11.5. The van der Waals surface area contributed by atoms with Crippen LogP contribution >= 0.6 is 11.3 Å². The molecular formula is C14H7F3OS. The first-order valence-electron chi connectivity index (χ1n) is 5.50. The van der Waals surface area contributed by atoms with Crippen molar-refractivity contribution >= 4 is 37.3 Å². The highest BCUT2D eigenvalue weighted by Gasteiger charge is 2.40. The molecule has 0 spiro atoms. The van der Waals surface area contributed by atoms with Crippen molar-refractivity contribution in [2.45, 2.75) is 6.18 Å². The maximum absolute atomic E-state index is 12.6. The number of hydrogen-bond donors (Lipinski definition) is 0. The molecule has 3 rings (SSSR count). The number of ketones is 1. The number of carbonyl (C=O) groups excluding carboxylic acids is 1. The van der Waals surface area contributed by atoms with E-state index in [2.05, 4.69) is 0 Å². The Morgan fingerprint density at radius 3 is 2.37 bits per heavy atom. The van der Waals surface area contributed by atoms with E-state index in [4.69, 9.17) is 0 Å². The summed E-state index contributed by atoms with van der Waals surface area (Å²) in [6.07, 6.45) is -4.85. The first kappa shape index (κ1) is 12.2. The van der Waals surface area contributed by atoms with Gasteiger partial charge in [0.15, 0.2) is 0 Å². The fourth-order valence-corrected chi connectivity index (χ4v) is 3.25. The molecule has 0 saturated heterocycles. The van der Waals surface area contributed by atoms with Gasteiger partial charge in [-0.25, -0.2) is 0 Å². The fourth-order valence-electron chi connectivity index (χ4n) is 2.12. The van der Waals surface area contributed by atoms with E-state index in [0.29, 0.717) is 15.5 Å². The van der Waals surface area contributed by atoms with E-state index >= 15 is 0 Å². The van der Waals surface area contributed by atoms with Crippen LogP contribution in [0.4, 0.5) is 13.2 Å². The van der Waals surface area contributed by atoms with Gasteiger partial charge in [-0.05, 0) is 12.1 Å². The maximum atomic E-state index is 12.6. The normalized spacial score (nSPS) is 12.2. The van der Waals surface area contributed by atoms with Crippen molar-refractivity contribution in [1.82, 2.24) is 0 Å². The third kappa shape index (κ3) is 1.90. The van der Waals surface area contributed by atoms with Gasteiger partial charge in [0, 0.05) is 25.7 Å². The van der Waals surface area contributed by atoms with Crippen LogP contribution in [0.3, 0.4) is 0 Å². The summed E-state index contributed by atoms with van der Waals surface area (Å²) in [5.74, 6) is -1.79. The Hall–Kier alpha value is -1.88. The number of halogens is 3. The van der Waals surface area contributed by atoms with Gasteiger partial charge < -0.3 is 0 Å². The molecule has 0 aliphatic heterocycles. The second kappa shape index (κ2) is 4.06. The number of alkyl halides is 3. The fraction of sp³-hybridized carbons (Fsp3) is 0.0714. The number of hydrogen-bond acceptors (Lipinski definition) is 2. The molecule has 1 heterocycles. The molecule has 0 atom stereocenters. The number of rotatable bonds is 1. The molecule has 0 fully saturated rings. The molecule has 0 radical (unpaired) electrons. The van der Waals surface area contributed by atoms with Crippen LogP contribution in [0, 0.1) is 0 Å². The Balaban J connectivity index is 2.40. The Bertz CT molecular complexity index is 786. The van der Waals surface area contributed by atoms with E-state index in [9.17, 15) is 18.0 Å². The van der Waals surface area contributed by atoms with Crippen molar-refractivity contribution < 1.29 is 18.0 Å². The zero-order valence-corrected chi connectivity index (χ0v) is 10.3. The Labute approximate surface area is 110 Å². The molecular weight excluding hydrogens is 273 g/mol. The van der Waals surface area contributed by atoms with E-state index in [0.717, 1.165) is 4.70 Å². The van der Waals surface area contributed by atoms with Crippen LogP contribution in [0.1, 0.15) is 10.4 Å². The van der Waals surface area contributed by atoms with Crippen LogP contribution in [-0.2, 0) is 0 Å². The lowest BCUT2D eigenvalue weighted by Crippen LogP contribution is -2.22. The third-order valence-corrected chi connectivity index (χ3v) is 4.04. The summed E-state index contributed by atoms with van der Waals surface area (Å²) in [5.41, 5.74) is -0.276. The van der Waals surface area contributed by atoms with Gasteiger partial charge in [0.1, 0.15) is 0 Å². The molecule has 0 unspecified atom stereocenters. The predicted molar refractivity (Wildman–Crippen MR) is 69.7 cm³/mol. The van der Waals surface area contributed by atoms with Gasteiger partial charge in [0.25, 0.3) is 5.78 Å². The Kier molecular flexibility index (Phi) is 2.60. The third-order valence-electron chi connectivity index (χ3n) is 2.90. The zero-order valence-electron chi connectivity index (χ0n) is 9.49. The summed E-state index contributed by atoms with van der Waals surface area (Å²) in [5, 5.41) is 1.08. The lowest BCUT2D eigenvalue weighted by Gasteiger charge is -2.06. The molecule has 0 aliphatic carbocycles. The lowest BCUT2D eigenvalue weighted by molar-refractivity contribution is -0.0884. The van der Waals surface area contributed by atoms with Gasteiger partial charge >= 0.3 is 6.18 Å². The van der Waals surface area contributed by atoms with Gasteiger partial charge in [0.05, 0.1) is 0 Å². The minimum Gasteiger partial charge on any atom is -0.284 e. The van der Waals surface area contributed by atoms with Crippen molar-refractivity contribution in [1.29, 1.82) is 0 Å². The van der Waals surface area contributed by atoms with Gasteiger partial charge in [-0.15, -0.1) is 11.3 Å². The molecule has 2 aromatic carbocycles. The minimum absolute atomic E-state index is 0.276. The van der Waals surface area contributed by atoms with Crippen LogP contribution in [0.15, 0.2) is 42.5 Å². The van der Waals surface area contributed by atoms with Crippen LogP contribution in [0.5, 0.6) is 0 Å². The van der Waals surface area contributed by atoms with Crippen LogP contribution in [0.25, 0.3) is 20.2 Å². The van der Waals surface area contributed by atoms with E-state index < -0.39 is 12.0 Å². The molecule has 0 N–H and O–H groups in total. The lowest BCUT2D eigenvalue weighted by atomic mass is 10.0. The SMILES string of the molecule is O=C(c1cccc2sc3ccccc3c12)C(F)(F)F. The van der Waals surface area contributed by atoms with Gasteiger partial charge in [-0.1, -0.05) is 30.3 Å². The van der Waals surface area contributed by atoms with Gasteiger partial charge in [0.2, 0.25) is 0 Å².